The number of pyridine rings is 1. The van der Waals surface area contributed by atoms with Gasteiger partial charge in [0.15, 0.2) is 0 Å². The zero-order valence-electron chi connectivity index (χ0n) is 8.04. The molecule has 0 aliphatic carbocycles. The summed E-state index contributed by atoms with van der Waals surface area (Å²) in [5, 5.41) is 11.9. The maximum absolute atomic E-state index is 8.58. The predicted molar refractivity (Wildman–Crippen MR) is 60.0 cm³/mol. The zero-order chi connectivity index (χ0) is 10.2. The van der Waals surface area contributed by atoms with E-state index in [1.807, 2.05) is 12.3 Å². The molecule has 0 radical (unpaired) electrons. The van der Waals surface area contributed by atoms with Crippen LogP contribution in [0.3, 0.4) is 0 Å². The number of nitrogens with one attached hydrogen (secondary N) is 1. The molecule has 0 aliphatic heterocycles. The van der Waals surface area contributed by atoms with Crippen LogP contribution in [0.15, 0.2) is 22.9 Å². The standard InChI is InChI=1S/C10H15BrN2O/c11-10-5-9(7-13-8-10)6-12-3-1-2-4-14/h5,7-8,12,14H,1-4,6H2. The number of aliphatic hydroxyl groups is 1. The van der Waals surface area contributed by atoms with E-state index in [-0.39, 0.29) is 6.61 Å². The monoisotopic (exact) mass is 258 g/mol. The molecule has 0 saturated carbocycles. The molecule has 0 saturated heterocycles. The molecule has 1 aromatic heterocycles. The molecule has 0 spiro atoms. The molecule has 3 nitrogen and oxygen atoms in total. The van der Waals surface area contributed by atoms with Crippen molar-refractivity contribution in [1.82, 2.24) is 10.3 Å². The first kappa shape index (κ1) is 11.6. The third kappa shape index (κ3) is 4.69. The Labute approximate surface area is 92.7 Å². The lowest BCUT2D eigenvalue weighted by atomic mass is 10.2. The number of unbranched alkanes of at least 4 members (excludes halogenated alkanes) is 1. The molecule has 0 bridgehead atoms. The summed E-state index contributed by atoms with van der Waals surface area (Å²) in [6, 6.07) is 2.05. The van der Waals surface area contributed by atoms with Gasteiger partial charge < -0.3 is 10.4 Å². The molecule has 14 heavy (non-hydrogen) atoms. The zero-order valence-corrected chi connectivity index (χ0v) is 9.63. The van der Waals surface area contributed by atoms with Crippen LogP contribution < -0.4 is 5.32 Å². The number of aliphatic hydroxyl groups excluding tert-OH is 1. The van der Waals surface area contributed by atoms with E-state index < -0.39 is 0 Å². The molecule has 1 heterocycles. The Bertz CT molecular complexity index is 268. The van der Waals surface area contributed by atoms with Crippen LogP contribution in [0.1, 0.15) is 18.4 Å². The van der Waals surface area contributed by atoms with Gasteiger partial charge in [0, 0.05) is 30.0 Å². The molecule has 0 aromatic carbocycles. The van der Waals surface area contributed by atoms with E-state index >= 15 is 0 Å². The van der Waals surface area contributed by atoms with Gasteiger partial charge in [-0.3, -0.25) is 4.98 Å². The van der Waals surface area contributed by atoms with Crippen molar-refractivity contribution < 1.29 is 5.11 Å². The second-order valence-corrected chi connectivity index (χ2v) is 4.03. The minimum Gasteiger partial charge on any atom is -0.396 e. The topological polar surface area (TPSA) is 45.1 Å². The van der Waals surface area contributed by atoms with E-state index in [0.29, 0.717) is 0 Å². The highest BCUT2D eigenvalue weighted by molar-refractivity contribution is 9.10. The first-order chi connectivity index (χ1) is 6.83. The third-order valence-corrected chi connectivity index (χ3v) is 2.29. The Morgan fingerprint density at radius 1 is 1.36 bits per heavy atom. The molecule has 2 N–H and O–H groups in total. The molecule has 0 unspecified atom stereocenters. The number of hydrogen-bond donors (Lipinski definition) is 2. The molecular formula is C10H15BrN2O. The maximum Gasteiger partial charge on any atom is 0.0431 e. The summed E-state index contributed by atoms with van der Waals surface area (Å²) in [6.45, 7) is 2.05. The van der Waals surface area contributed by atoms with E-state index in [1.165, 1.54) is 5.56 Å². The smallest absolute Gasteiger partial charge is 0.0431 e. The summed E-state index contributed by atoms with van der Waals surface area (Å²) in [6.07, 6.45) is 5.50. The summed E-state index contributed by atoms with van der Waals surface area (Å²) in [5.41, 5.74) is 1.17. The highest BCUT2D eigenvalue weighted by Gasteiger charge is 1.94. The van der Waals surface area contributed by atoms with Gasteiger partial charge in [-0.1, -0.05) is 0 Å². The average Bonchev–Trinajstić information content (AvgIpc) is 2.18. The second kappa shape index (κ2) is 6.92. The maximum atomic E-state index is 8.58. The molecule has 0 aliphatic rings. The number of hydrogen-bond acceptors (Lipinski definition) is 3. The van der Waals surface area contributed by atoms with Crippen LogP contribution in [0.4, 0.5) is 0 Å². The summed E-state index contributed by atoms with van der Waals surface area (Å²) in [5.74, 6) is 0. The van der Waals surface area contributed by atoms with Crippen molar-refractivity contribution in [2.75, 3.05) is 13.2 Å². The summed E-state index contributed by atoms with van der Waals surface area (Å²) in [4.78, 5) is 4.07. The van der Waals surface area contributed by atoms with Crippen LogP contribution in [0.5, 0.6) is 0 Å². The van der Waals surface area contributed by atoms with Gasteiger partial charge in [0.2, 0.25) is 0 Å². The van der Waals surface area contributed by atoms with Crippen LogP contribution in [0, 0.1) is 0 Å². The summed E-state index contributed by atoms with van der Waals surface area (Å²) >= 11 is 3.37. The quantitative estimate of drug-likeness (QED) is 0.764. The largest absolute Gasteiger partial charge is 0.396 e. The normalized spacial score (nSPS) is 10.4. The van der Waals surface area contributed by atoms with E-state index in [2.05, 4.69) is 26.2 Å². The van der Waals surface area contributed by atoms with Gasteiger partial charge in [0.25, 0.3) is 0 Å². The Kier molecular flexibility index (Phi) is 5.75. The fourth-order valence-electron chi connectivity index (χ4n) is 1.15. The Morgan fingerprint density at radius 3 is 2.93 bits per heavy atom. The van der Waals surface area contributed by atoms with Crippen LogP contribution in [0.25, 0.3) is 0 Å². The molecule has 4 heteroatoms. The third-order valence-electron chi connectivity index (χ3n) is 1.85. The number of aromatic nitrogens is 1. The van der Waals surface area contributed by atoms with Crippen molar-refractivity contribution in [3.05, 3.63) is 28.5 Å². The summed E-state index contributed by atoms with van der Waals surface area (Å²) in [7, 11) is 0. The minimum absolute atomic E-state index is 0.278. The van der Waals surface area contributed by atoms with Gasteiger partial charge in [-0.05, 0) is 46.9 Å². The van der Waals surface area contributed by atoms with Crippen molar-refractivity contribution in [3.63, 3.8) is 0 Å². The molecule has 1 rings (SSSR count). The molecule has 0 amide bonds. The fraction of sp³-hybridized carbons (Fsp3) is 0.500. The van der Waals surface area contributed by atoms with Crippen LogP contribution >= 0.6 is 15.9 Å². The number of halogens is 1. The van der Waals surface area contributed by atoms with E-state index in [0.717, 1.165) is 30.4 Å². The summed E-state index contributed by atoms with van der Waals surface area (Å²) < 4.78 is 1.01. The lowest BCUT2D eigenvalue weighted by Gasteiger charge is -2.03. The van der Waals surface area contributed by atoms with Crippen LogP contribution in [0.2, 0.25) is 0 Å². The highest BCUT2D eigenvalue weighted by Crippen LogP contribution is 2.08. The van der Waals surface area contributed by atoms with Gasteiger partial charge in [-0.25, -0.2) is 0 Å². The second-order valence-electron chi connectivity index (χ2n) is 3.12. The van der Waals surface area contributed by atoms with Crippen molar-refractivity contribution >= 4 is 15.9 Å². The Morgan fingerprint density at radius 2 is 2.21 bits per heavy atom. The van der Waals surface area contributed by atoms with Gasteiger partial charge >= 0.3 is 0 Å². The molecule has 1 aromatic rings. The van der Waals surface area contributed by atoms with E-state index in [4.69, 9.17) is 5.11 Å². The number of nitrogens with zero attached hydrogens (tertiary/aromatic N) is 1. The van der Waals surface area contributed by atoms with Crippen LogP contribution in [-0.2, 0) is 6.54 Å². The first-order valence-corrected chi connectivity index (χ1v) is 5.53. The van der Waals surface area contributed by atoms with Crippen LogP contribution in [-0.4, -0.2) is 23.2 Å². The minimum atomic E-state index is 0.278. The van der Waals surface area contributed by atoms with Gasteiger partial charge in [-0.15, -0.1) is 0 Å². The van der Waals surface area contributed by atoms with Gasteiger partial charge in [0.05, 0.1) is 0 Å². The highest BCUT2D eigenvalue weighted by atomic mass is 79.9. The molecule has 0 atom stereocenters. The van der Waals surface area contributed by atoms with Crippen molar-refractivity contribution in [1.29, 1.82) is 0 Å². The Balaban J connectivity index is 2.18. The lowest BCUT2D eigenvalue weighted by Crippen LogP contribution is -2.15. The lowest BCUT2D eigenvalue weighted by molar-refractivity contribution is 0.283. The van der Waals surface area contributed by atoms with Gasteiger partial charge in [-0.2, -0.15) is 0 Å². The first-order valence-electron chi connectivity index (χ1n) is 4.74. The Hall–Kier alpha value is -0.450. The molecular weight excluding hydrogens is 244 g/mol. The fourth-order valence-corrected chi connectivity index (χ4v) is 1.56. The number of rotatable bonds is 6. The predicted octanol–water partition coefficient (Wildman–Crippen LogP) is 1.71. The molecule has 0 fully saturated rings. The molecule has 78 valence electrons. The van der Waals surface area contributed by atoms with Crippen molar-refractivity contribution in [2.24, 2.45) is 0 Å². The van der Waals surface area contributed by atoms with Crippen molar-refractivity contribution in [2.45, 2.75) is 19.4 Å². The SMILES string of the molecule is OCCCCNCc1cncc(Br)c1. The van der Waals surface area contributed by atoms with Gasteiger partial charge in [0.1, 0.15) is 0 Å². The van der Waals surface area contributed by atoms with Crippen molar-refractivity contribution in [3.8, 4) is 0 Å². The van der Waals surface area contributed by atoms with E-state index in [1.54, 1.807) is 6.20 Å². The average molecular weight is 259 g/mol. The van der Waals surface area contributed by atoms with E-state index in [9.17, 15) is 0 Å².